The number of methoxy groups -OCH3 is 1. The number of rotatable bonds is 6. The van der Waals surface area contributed by atoms with Crippen LogP contribution in [0, 0.1) is 0 Å². The van der Waals surface area contributed by atoms with Gasteiger partial charge in [0.15, 0.2) is 0 Å². The third-order valence-corrected chi connectivity index (χ3v) is 4.32. The van der Waals surface area contributed by atoms with E-state index < -0.39 is 5.60 Å². The minimum absolute atomic E-state index is 0. The van der Waals surface area contributed by atoms with Crippen LogP contribution in [0.3, 0.4) is 0 Å². The Kier molecular flexibility index (Phi) is 8.00. The zero-order valence-electron chi connectivity index (χ0n) is 14.9. The average Bonchev–Trinajstić information content (AvgIpc) is 2.55. The molecule has 5 nitrogen and oxygen atoms in total. The molecule has 6 heteroatoms. The molecule has 136 valence electrons. The van der Waals surface area contributed by atoms with Gasteiger partial charge < -0.3 is 20.1 Å². The summed E-state index contributed by atoms with van der Waals surface area (Å²) in [4.78, 5) is 12.7. The van der Waals surface area contributed by atoms with Gasteiger partial charge in [0.05, 0.1) is 12.1 Å². The lowest BCUT2D eigenvalue weighted by Crippen LogP contribution is -2.54. The van der Waals surface area contributed by atoms with Crippen molar-refractivity contribution in [2.24, 2.45) is 0 Å². The molecule has 0 aromatic heterocycles. The maximum Gasteiger partial charge on any atom is 0.252 e. The summed E-state index contributed by atoms with van der Waals surface area (Å²) in [6.07, 6.45) is 1.55. The topological polar surface area (TPSA) is 59.6 Å². The van der Waals surface area contributed by atoms with E-state index in [2.05, 4.69) is 10.6 Å². The monoisotopic (exact) mass is 356 g/mol. The number of carbonyl (C=O) groups excluding carboxylic acids is 1. The van der Waals surface area contributed by atoms with Crippen LogP contribution in [0.1, 0.15) is 45.2 Å². The average molecular weight is 357 g/mol. The molecule has 1 amide bonds. The molecular weight excluding hydrogens is 328 g/mol. The van der Waals surface area contributed by atoms with Crippen molar-refractivity contribution in [3.63, 3.8) is 0 Å². The number of hydrogen-bond acceptors (Lipinski definition) is 4. The van der Waals surface area contributed by atoms with Crippen LogP contribution in [-0.2, 0) is 9.53 Å². The predicted octanol–water partition coefficient (Wildman–Crippen LogP) is 2.84. The highest BCUT2D eigenvalue weighted by Gasteiger charge is 2.40. The summed E-state index contributed by atoms with van der Waals surface area (Å²) >= 11 is 0. The molecule has 1 aromatic rings. The number of nitrogens with one attached hydrogen (secondary N) is 2. The van der Waals surface area contributed by atoms with Crippen molar-refractivity contribution in [2.45, 2.75) is 51.4 Å². The molecule has 0 spiro atoms. The predicted molar refractivity (Wildman–Crippen MR) is 97.9 cm³/mol. The first kappa shape index (κ1) is 20.7. The van der Waals surface area contributed by atoms with Crippen molar-refractivity contribution in [1.29, 1.82) is 0 Å². The third kappa shape index (κ3) is 5.10. The molecule has 1 atom stereocenters. The Labute approximate surface area is 150 Å². The molecule has 0 bridgehead atoms. The van der Waals surface area contributed by atoms with Crippen LogP contribution >= 0.6 is 12.4 Å². The number of halogens is 1. The van der Waals surface area contributed by atoms with Gasteiger partial charge in [0.2, 0.25) is 0 Å². The molecule has 1 heterocycles. The van der Waals surface area contributed by atoms with E-state index in [0.717, 1.165) is 24.4 Å². The summed E-state index contributed by atoms with van der Waals surface area (Å²) in [5, 5.41) is 6.35. The van der Waals surface area contributed by atoms with Gasteiger partial charge in [-0.25, -0.2) is 0 Å². The van der Waals surface area contributed by atoms with Crippen molar-refractivity contribution < 1.29 is 14.3 Å². The highest BCUT2D eigenvalue weighted by atomic mass is 35.5. The Bertz CT molecular complexity index is 514. The molecule has 0 radical (unpaired) electrons. The van der Waals surface area contributed by atoms with Crippen LogP contribution in [0.15, 0.2) is 24.3 Å². The van der Waals surface area contributed by atoms with E-state index in [1.165, 1.54) is 0 Å². The summed E-state index contributed by atoms with van der Waals surface area (Å²) in [6, 6.07) is 7.79. The van der Waals surface area contributed by atoms with Crippen molar-refractivity contribution in [1.82, 2.24) is 10.6 Å². The van der Waals surface area contributed by atoms with Crippen molar-refractivity contribution >= 4 is 18.3 Å². The van der Waals surface area contributed by atoms with Crippen molar-refractivity contribution in [2.75, 3.05) is 20.2 Å². The maximum atomic E-state index is 12.7. The van der Waals surface area contributed by atoms with Gasteiger partial charge in [0, 0.05) is 7.11 Å². The molecule has 1 fully saturated rings. The molecule has 0 saturated carbocycles. The van der Waals surface area contributed by atoms with E-state index in [1.54, 1.807) is 7.11 Å². The number of amides is 1. The lowest BCUT2D eigenvalue weighted by atomic mass is 9.90. The van der Waals surface area contributed by atoms with Crippen LogP contribution in [-0.4, -0.2) is 37.8 Å². The fourth-order valence-electron chi connectivity index (χ4n) is 2.87. The molecule has 1 aliphatic rings. The van der Waals surface area contributed by atoms with E-state index >= 15 is 0 Å². The quantitative estimate of drug-likeness (QED) is 0.822. The molecule has 1 aromatic carbocycles. The summed E-state index contributed by atoms with van der Waals surface area (Å²) < 4.78 is 11.2. The lowest BCUT2D eigenvalue weighted by molar-refractivity contribution is -0.147. The van der Waals surface area contributed by atoms with Gasteiger partial charge in [0.1, 0.15) is 11.4 Å². The number of piperidine rings is 1. The molecule has 24 heavy (non-hydrogen) atoms. The first-order valence-electron chi connectivity index (χ1n) is 8.30. The zero-order chi connectivity index (χ0) is 16.9. The van der Waals surface area contributed by atoms with Gasteiger partial charge in [0.25, 0.3) is 5.91 Å². The summed E-state index contributed by atoms with van der Waals surface area (Å²) in [5.41, 5.74) is 0.342. The van der Waals surface area contributed by atoms with E-state index in [1.807, 2.05) is 45.0 Å². The number of benzene rings is 1. The fraction of sp³-hybridized carbons (Fsp3) is 0.611. The number of hydrogen-bond donors (Lipinski definition) is 2. The van der Waals surface area contributed by atoms with Gasteiger partial charge in [-0.05, 0) is 64.4 Å². The first-order valence-corrected chi connectivity index (χ1v) is 8.30. The molecular formula is C18H29ClN2O3. The van der Waals surface area contributed by atoms with E-state index in [-0.39, 0.29) is 30.5 Å². The summed E-state index contributed by atoms with van der Waals surface area (Å²) in [5.74, 6) is 0.811. The summed E-state index contributed by atoms with van der Waals surface area (Å²) in [6.45, 7) is 7.59. The summed E-state index contributed by atoms with van der Waals surface area (Å²) in [7, 11) is 1.62. The first-order chi connectivity index (χ1) is 11.0. The van der Waals surface area contributed by atoms with Crippen LogP contribution < -0.4 is 15.4 Å². The van der Waals surface area contributed by atoms with Crippen molar-refractivity contribution in [3.8, 4) is 5.75 Å². The van der Waals surface area contributed by atoms with E-state index in [4.69, 9.17) is 9.47 Å². The minimum Gasteiger partial charge on any atom is -0.491 e. The molecule has 2 N–H and O–H groups in total. The number of ether oxygens (including phenoxy) is 2. The molecule has 1 aliphatic heterocycles. The normalized spacial score (nSPS) is 17.7. The molecule has 1 saturated heterocycles. The number of carbonyl (C=O) groups is 1. The third-order valence-electron chi connectivity index (χ3n) is 4.32. The van der Waals surface area contributed by atoms with Crippen LogP contribution in [0.5, 0.6) is 5.75 Å². The van der Waals surface area contributed by atoms with Gasteiger partial charge in [-0.3, -0.25) is 4.79 Å². The molecule has 0 aliphatic carbocycles. The van der Waals surface area contributed by atoms with Crippen LogP contribution in [0.4, 0.5) is 0 Å². The second-order valence-corrected chi connectivity index (χ2v) is 6.38. The van der Waals surface area contributed by atoms with Crippen LogP contribution in [0.2, 0.25) is 0 Å². The minimum atomic E-state index is -0.708. The van der Waals surface area contributed by atoms with Gasteiger partial charge in [-0.1, -0.05) is 12.1 Å². The maximum absolute atomic E-state index is 12.7. The van der Waals surface area contributed by atoms with Crippen LogP contribution in [0.25, 0.3) is 0 Å². The van der Waals surface area contributed by atoms with E-state index in [9.17, 15) is 4.79 Å². The Hall–Kier alpha value is -1.30. The lowest BCUT2D eigenvalue weighted by Gasteiger charge is -2.35. The highest BCUT2D eigenvalue weighted by molar-refractivity contribution is 5.86. The largest absolute Gasteiger partial charge is 0.491 e. The Balaban J connectivity index is 0.00000288. The molecule has 2 rings (SSSR count). The van der Waals surface area contributed by atoms with Gasteiger partial charge in [-0.15, -0.1) is 12.4 Å². The van der Waals surface area contributed by atoms with Crippen molar-refractivity contribution in [3.05, 3.63) is 29.8 Å². The Morgan fingerprint density at radius 1 is 1.17 bits per heavy atom. The second kappa shape index (κ2) is 9.25. The zero-order valence-corrected chi connectivity index (χ0v) is 15.7. The Morgan fingerprint density at radius 3 is 2.25 bits per heavy atom. The SMILES string of the molecule is COC1(C(=O)NC(C)c2ccc(OC(C)C)cc2)CCNCC1.Cl. The van der Waals surface area contributed by atoms with E-state index in [0.29, 0.717) is 12.8 Å². The smallest absolute Gasteiger partial charge is 0.252 e. The highest BCUT2D eigenvalue weighted by Crippen LogP contribution is 2.25. The van der Waals surface area contributed by atoms with Gasteiger partial charge in [-0.2, -0.15) is 0 Å². The standard InChI is InChI=1S/C18H28N2O3.ClH/c1-13(2)23-16-7-5-15(6-8-16)14(3)20-17(21)18(22-4)9-11-19-12-10-18;/h5-8,13-14,19H,9-12H2,1-4H3,(H,20,21);1H. The molecule has 1 unspecified atom stereocenters. The fourth-order valence-corrected chi connectivity index (χ4v) is 2.87. The second-order valence-electron chi connectivity index (χ2n) is 6.38. The van der Waals surface area contributed by atoms with Gasteiger partial charge >= 0.3 is 0 Å². The Morgan fingerprint density at radius 2 is 1.75 bits per heavy atom.